The van der Waals surface area contributed by atoms with Crippen molar-refractivity contribution < 1.29 is 4.79 Å². The molecule has 0 unspecified atom stereocenters. The minimum atomic E-state index is 0.741. The maximum Gasteiger partial charge on any atom is 0.152 e. The second-order valence-electron chi connectivity index (χ2n) is 3.86. The zero-order valence-electron chi connectivity index (χ0n) is 11.0. The number of benzene rings is 1. The van der Waals surface area contributed by atoms with E-state index in [2.05, 4.69) is 22.9 Å². The van der Waals surface area contributed by atoms with Gasteiger partial charge in [0.05, 0.1) is 11.4 Å². The maximum absolute atomic E-state index is 11.3. The Labute approximate surface area is 103 Å². The van der Waals surface area contributed by atoms with Crippen LogP contribution in [-0.4, -0.2) is 27.4 Å². The quantitative estimate of drug-likeness (QED) is 0.663. The summed E-state index contributed by atoms with van der Waals surface area (Å²) in [7, 11) is 5.56. The molecule has 1 rings (SSSR count). The van der Waals surface area contributed by atoms with Gasteiger partial charge in [-0.15, -0.1) is 0 Å². The van der Waals surface area contributed by atoms with Crippen LogP contribution in [0, 0.1) is 0 Å². The van der Waals surface area contributed by atoms with Crippen molar-refractivity contribution in [1.82, 2.24) is 0 Å². The summed E-state index contributed by atoms with van der Waals surface area (Å²) in [6.07, 6.45) is 2.83. The predicted molar refractivity (Wildman–Crippen MR) is 74.5 cm³/mol. The molecule has 3 N–H and O–H groups in total. The monoisotopic (exact) mass is 235 g/mol. The molecule has 0 aliphatic carbocycles. The van der Waals surface area contributed by atoms with Gasteiger partial charge >= 0.3 is 0 Å². The van der Waals surface area contributed by atoms with Crippen molar-refractivity contribution >= 4 is 23.3 Å². The summed E-state index contributed by atoms with van der Waals surface area (Å²) in [5, 5.41) is 9.35. The van der Waals surface area contributed by atoms with E-state index in [1.54, 1.807) is 0 Å². The van der Waals surface area contributed by atoms with Gasteiger partial charge in [-0.05, 0) is 18.1 Å². The molecule has 0 saturated carbocycles. The first kappa shape index (κ1) is 13.4. The van der Waals surface area contributed by atoms with Crippen LogP contribution in [0.5, 0.6) is 0 Å². The van der Waals surface area contributed by atoms with E-state index in [9.17, 15) is 4.79 Å². The summed E-state index contributed by atoms with van der Waals surface area (Å²) < 4.78 is 0. The molecule has 0 heterocycles. The van der Waals surface area contributed by atoms with E-state index in [0.29, 0.717) is 0 Å². The van der Waals surface area contributed by atoms with Gasteiger partial charge in [-0.3, -0.25) is 4.79 Å². The minimum absolute atomic E-state index is 0.741. The molecule has 0 saturated heterocycles. The summed E-state index contributed by atoms with van der Waals surface area (Å²) in [5.74, 6) is 0. The van der Waals surface area contributed by atoms with Gasteiger partial charge < -0.3 is 16.0 Å². The molecule has 4 heteroatoms. The number of rotatable bonds is 6. The van der Waals surface area contributed by atoms with Crippen LogP contribution >= 0.6 is 0 Å². The first-order valence-corrected chi connectivity index (χ1v) is 5.91. The molecule has 0 aliphatic heterocycles. The normalized spacial score (nSPS) is 9.88. The molecule has 0 amide bonds. The maximum atomic E-state index is 11.3. The fraction of sp³-hybridized carbons (Fsp3) is 0.462. The number of carbonyl (C=O) groups is 1. The van der Waals surface area contributed by atoms with Crippen LogP contribution < -0.4 is 16.0 Å². The highest BCUT2D eigenvalue weighted by Crippen LogP contribution is 2.34. The van der Waals surface area contributed by atoms with Gasteiger partial charge in [0.2, 0.25) is 0 Å². The van der Waals surface area contributed by atoms with Crippen LogP contribution in [0.3, 0.4) is 0 Å². The molecule has 0 bridgehead atoms. The largest absolute Gasteiger partial charge is 0.388 e. The standard InChI is InChI=1S/C13H21N3O/c1-5-6-9-10(8-17)13(16-4)12(15-3)7-11(9)14-2/h7-8,14-16H,5-6H2,1-4H3. The van der Waals surface area contributed by atoms with Crippen LogP contribution in [0.2, 0.25) is 0 Å². The van der Waals surface area contributed by atoms with Crippen molar-refractivity contribution in [2.45, 2.75) is 19.8 Å². The van der Waals surface area contributed by atoms with Gasteiger partial charge in [-0.1, -0.05) is 13.3 Å². The lowest BCUT2D eigenvalue weighted by atomic mass is 9.98. The number of nitrogens with one attached hydrogen (secondary N) is 3. The highest BCUT2D eigenvalue weighted by molar-refractivity contribution is 5.95. The van der Waals surface area contributed by atoms with Crippen molar-refractivity contribution in [1.29, 1.82) is 0 Å². The Morgan fingerprint density at radius 3 is 2.18 bits per heavy atom. The fourth-order valence-electron chi connectivity index (χ4n) is 2.08. The summed E-state index contributed by atoms with van der Waals surface area (Å²) in [6, 6.07) is 2.03. The molecule has 0 spiro atoms. The number of aldehydes is 1. The van der Waals surface area contributed by atoms with Crippen LogP contribution in [-0.2, 0) is 6.42 Å². The molecule has 4 nitrogen and oxygen atoms in total. The van der Waals surface area contributed by atoms with E-state index in [0.717, 1.165) is 47.3 Å². The second-order valence-corrected chi connectivity index (χ2v) is 3.86. The molecular formula is C13H21N3O. The molecule has 1 aromatic carbocycles. The van der Waals surface area contributed by atoms with Crippen molar-refractivity contribution in [3.63, 3.8) is 0 Å². The van der Waals surface area contributed by atoms with E-state index >= 15 is 0 Å². The number of hydrogen-bond acceptors (Lipinski definition) is 4. The van der Waals surface area contributed by atoms with Gasteiger partial charge in [0, 0.05) is 32.4 Å². The zero-order valence-corrected chi connectivity index (χ0v) is 11.0. The van der Waals surface area contributed by atoms with Gasteiger partial charge in [0.25, 0.3) is 0 Å². The van der Waals surface area contributed by atoms with Crippen LogP contribution in [0.1, 0.15) is 29.3 Å². The average molecular weight is 235 g/mol. The third kappa shape index (κ3) is 2.52. The second kappa shape index (κ2) is 6.13. The van der Waals surface area contributed by atoms with E-state index in [1.165, 1.54) is 0 Å². The number of carbonyl (C=O) groups excluding carboxylic acids is 1. The number of hydrogen-bond donors (Lipinski definition) is 3. The SMILES string of the molecule is CCCc1c(NC)cc(NC)c(NC)c1C=O. The van der Waals surface area contributed by atoms with Gasteiger partial charge in [-0.2, -0.15) is 0 Å². The summed E-state index contributed by atoms with van der Waals surface area (Å²) in [5.41, 5.74) is 4.62. The van der Waals surface area contributed by atoms with Gasteiger partial charge in [0.1, 0.15) is 0 Å². The van der Waals surface area contributed by atoms with Crippen molar-refractivity contribution in [2.24, 2.45) is 0 Å². The summed E-state index contributed by atoms with van der Waals surface area (Å²) in [4.78, 5) is 11.3. The van der Waals surface area contributed by atoms with E-state index < -0.39 is 0 Å². The van der Waals surface area contributed by atoms with Crippen molar-refractivity contribution in [3.05, 3.63) is 17.2 Å². The Balaban J connectivity index is 3.49. The Hall–Kier alpha value is -1.71. The molecular weight excluding hydrogens is 214 g/mol. The predicted octanol–water partition coefficient (Wildman–Crippen LogP) is 2.58. The highest BCUT2D eigenvalue weighted by atomic mass is 16.1. The fourth-order valence-corrected chi connectivity index (χ4v) is 2.08. The molecule has 0 aromatic heterocycles. The Morgan fingerprint density at radius 1 is 1.12 bits per heavy atom. The molecule has 0 fully saturated rings. The Bertz CT molecular complexity index is 402. The lowest BCUT2D eigenvalue weighted by molar-refractivity contribution is 0.112. The first-order chi connectivity index (χ1) is 8.23. The Kier molecular flexibility index (Phi) is 4.82. The third-order valence-electron chi connectivity index (χ3n) is 2.88. The van der Waals surface area contributed by atoms with Crippen molar-refractivity contribution in [2.75, 3.05) is 37.1 Å². The third-order valence-corrected chi connectivity index (χ3v) is 2.88. The Morgan fingerprint density at radius 2 is 1.76 bits per heavy atom. The zero-order chi connectivity index (χ0) is 12.8. The topological polar surface area (TPSA) is 53.2 Å². The van der Waals surface area contributed by atoms with Gasteiger partial charge in [-0.25, -0.2) is 0 Å². The lowest BCUT2D eigenvalue weighted by Gasteiger charge is -2.18. The molecule has 0 atom stereocenters. The van der Waals surface area contributed by atoms with Crippen LogP contribution in [0.25, 0.3) is 0 Å². The van der Waals surface area contributed by atoms with E-state index in [1.807, 2.05) is 27.2 Å². The highest BCUT2D eigenvalue weighted by Gasteiger charge is 2.15. The van der Waals surface area contributed by atoms with Crippen LogP contribution in [0.4, 0.5) is 17.1 Å². The summed E-state index contributed by atoms with van der Waals surface area (Å²) >= 11 is 0. The lowest BCUT2D eigenvalue weighted by Crippen LogP contribution is -2.07. The molecule has 17 heavy (non-hydrogen) atoms. The molecule has 0 radical (unpaired) electrons. The molecule has 1 aromatic rings. The van der Waals surface area contributed by atoms with Crippen molar-refractivity contribution in [3.8, 4) is 0 Å². The summed E-state index contributed by atoms with van der Waals surface area (Å²) in [6.45, 7) is 2.11. The molecule has 94 valence electrons. The van der Waals surface area contributed by atoms with E-state index in [-0.39, 0.29) is 0 Å². The smallest absolute Gasteiger partial charge is 0.152 e. The first-order valence-electron chi connectivity index (χ1n) is 5.91. The number of anilines is 3. The minimum Gasteiger partial charge on any atom is -0.388 e. The van der Waals surface area contributed by atoms with Gasteiger partial charge in [0.15, 0.2) is 6.29 Å². The average Bonchev–Trinajstić information content (AvgIpc) is 2.37. The van der Waals surface area contributed by atoms with Crippen LogP contribution in [0.15, 0.2) is 6.07 Å². The van der Waals surface area contributed by atoms with E-state index in [4.69, 9.17) is 0 Å². The molecule has 0 aliphatic rings.